The summed E-state index contributed by atoms with van der Waals surface area (Å²) in [7, 11) is 5.83. The van der Waals surface area contributed by atoms with Crippen LogP contribution in [0.5, 0.6) is 0 Å². The summed E-state index contributed by atoms with van der Waals surface area (Å²) < 4.78 is 0. The van der Waals surface area contributed by atoms with Crippen molar-refractivity contribution < 1.29 is 0 Å². The number of thiazole rings is 1. The Morgan fingerprint density at radius 1 is 1.38 bits per heavy atom. The second-order valence-electron chi connectivity index (χ2n) is 6.39. The lowest BCUT2D eigenvalue weighted by Crippen LogP contribution is -2.38. The molecule has 0 radical (unpaired) electrons. The van der Waals surface area contributed by atoms with Crippen molar-refractivity contribution in [3.63, 3.8) is 0 Å². The minimum Gasteiger partial charge on any atom is -0.354 e. The van der Waals surface area contributed by atoms with Gasteiger partial charge in [-0.3, -0.25) is 4.99 Å². The summed E-state index contributed by atoms with van der Waals surface area (Å²) in [5.41, 5.74) is 3.85. The normalized spacial score (nSPS) is 19.9. The van der Waals surface area contributed by atoms with E-state index in [1.807, 2.05) is 26.0 Å². The quantitative estimate of drug-likeness (QED) is 0.647. The Morgan fingerprint density at radius 3 is 2.83 bits per heavy atom. The first-order valence-corrected chi connectivity index (χ1v) is 9.11. The Labute approximate surface area is 147 Å². The van der Waals surface area contributed by atoms with Gasteiger partial charge in [0.2, 0.25) is 0 Å². The van der Waals surface area contributed by atoms with E-state index >= 15 is 0 Å². The lowest BCUT2D eigenvalue weighted by molar-refractivity contribution is 0.780. The van der Waals surface area contributed by atoms with Crippen molar-refractivity contribution in [2.75, 3.05) is 26.0 Å². The van der Waals surface area contributed by atoms with Gasteiger partial charge in [0.25, 0.3) is 0 Å². The van der Waals surface area contributed by atoms with Crippen molar-refractivity contribution in [2.24, 2.45) is 4.99 Å². The van der Waals surface area contributed by atoms with E-state index in [1.54, 1.807) is 11.3 Å². The summed E-state index contributed by atoms with van der Waals surface area (Å²) >= 11 is 1.66. The Hall–Kier alpha value is -2.08. The third kappa shape index (κ3) is 3.87. The summed E-state index contributed by atoms with van der Waals surface area (Å²) in [6.07, 6.45) is 1.16. The monoisotopic (exact) mass is 343 g/mol. The smallest absolute Gasteiger partial charge is 0.191 e. The van der Waals surface area contributed by atoms with Gasteiger partial charge >= 0.3 is 0 Å². The van der Waals surface area contributed by atoms with Crippen LogP contribution in [0.3, 0.4) is 0 Å². The molecule has 0 amide bonds. The number of anilines is 1. The molecule has 1 saturated carbocycles. The van der Waals surface area contributed by atoms with Gasteiger partial charge in [0.05, 0.1) is 12.2 Å². The molecule has 1 heterocycles. The highest BCUT2D eigenvalue weighted by Crippen LogP contribution is 2.42. The molecule has 1 aromatic carbocycles. The first-order chi connectivity index (χ1) is 11.6. The molecule has 2 N–H and O–H groups in total. The van der Waals surface area contributed by atoms with Gasteiger partial charge in [0.15, 0.2) is 11.1 Å². The van der Waals surface area contributed by atoms with Crippen LogP contribution in [0.25, 0.3) is 0 Å². The highest BCUT2D eigenvalue weighted by atomic mass is 32.1. The van der Waals surface area contributed by atoms with Gasteiger partial charge in [-0.25, -0.2) is 4.98 Å². The fourth-order valence-corrected chi connectivity index (χ4v) is 3.59. The number of hydrogen-bond acceptors (Lipinski definition) is 4. The van der Waals surface area contributed by atoms with E-state index in [0.717, 1.165) is 23.2 Å². The molecule has 128 valence electrons. The van der Waals surface area contributed by atoms with E-state index in [-0.39, 0.29) is 0 Å². The number of aromatic nitrogens is 1. The zero-order valence-corrected chi connectivity index (χ0v) is 15.5. The summed E-state index contributed by atoms with van der Waals surface area (Å²) in [6.45, 7) is 2.87. The second kappa shape index (κ2) is 7.21. The maximum absolute atomic E-state index is 4.58. The van der Waals surface area contributed by atoms with Gasteiger partial charge < -0.3 is 15.5 Å². The maximum atomic E-state index is 4.58. The molecule has 2 aromatic rings. The third-order valence-electron chi connectivity index (χ3n) is 4.28. The number of aryl methyl sites for hydroxylation is 1. The van der Waals surface area contributed by atoms with Crippen LogP contribution in [-0.4, -0.2) is 38.1 Å². The van der Waals surface area contributed by atoms with E-state index in [1.165, 1.54) is 11.1 Å². The van der Waals surface area contributed by atoms with Crippen LogP contribution in [-0.2, 0) is 6.54 Å². The molecule has 1 fully saturated rings. The van der Waals surface area contributed by atoms with E-state index in [0.29, 0.717) is 18.5 Å². The van der Waals surface area contributed by atoms with Crippen LogP contribution in [0, 0.1) is 6.92 Å². The van der Waals surface area contributed by atoms with Gasteiger partial charge in [-0.1, -0.05) is 24.3 Å². The molecule has 5 nitrogen and oxygen atoms in total. The molecular weight excluding hydrogens is 318 g/mol. The highest BCUT2D eigenvalue weighted by Gasteiger charge is 2.39. The van der Waals surface area contributed by atoms with Crippen molar-refractivity contribution >= 4 is 22.4 Å². The minimum absolute atomic E-state index is 0.463. The van der Waals surface area contributed by atoms with E-state index in [2.05, 4.69) is 57.2 Å². The molecule has 6 heteroatoms. The fourth-order valence-electron chi connectivity index (χ4n) is 2.83. The van der Waals surface area contributed by atoms with Gasteiger partial charge in [-0.15, -0.1) is 11.3 Å². The predicted octanol–water partition coefficient (Wildman–Crippen LogP) is 2.74. The van der Waals surface area contributed by atoms with Crippen molar-refractivity contribution in [1.82, 2.24) is 15.6 Å². The van der Waals surface area contributed by atoms with Crippen LogP contribution >= 0.6 is 11.3 Å². The predicted molar refractivity (Wildman–Crippen MR) is 102 cm³/mol. The van der Waals surface area contributed by atoms with Crippen molar-refractivity contribution in [2.45, 2.75) is 31.8 Å². The average Bonchev–Trinajstić information content (AvgIpc) is 3.15. The van der Waals surface area contributed by atoms with E-state index in [4.69, 9.17) is 0 Å². The number of guanidine groups is 1. The van der Waals surface area contributed by atoms with E-state index < -0.39 is 0 Å². The molecule has 0 aliphatic heterocycles. The molecule has 0 spiro atoms. The highest BCUT2D eigenvalue weighted by molar-refractivity contribution is 7.13. The maximum Gasteiger partial charge on any atom is 0.191 e. The molecule has 0 bridgehead atoms. The first-order valence-electron chi connectivity index (χ1n) is 8.23. The summed E-state index contributed by atoms with van der Waals surface area (Å²) in [6, 6.07) is 9.10. The molecule has 1 aliphatic rings. The van der Waals surface area contributed by atoms with Crippen LogP contribution in [0.1, 0.15) is 29.2 Å². The molecule has 1 aliphatic carbocycles. The summed E-state index contributed by atoms with van der Waals surface area (Å²) in [5.74, 6) is 1.43. The van der Waals surface area contributed by atoms with E-state index in [9.17, 15) is 0 Å². The SMILES string of the molecule is CN=C(NCc1csc(N(C)C)n1)NC1CC1c1ccccc1C. The van der Waals surface area contributed by atoms with Gasteiger partial charge in [-0.2, -0.15) is 0 Å². The number of nitrogens with one attached hydrogen (secondary N) is 2. The van der Waals surface area contributed by atoms with Crippen LogP contribution < -0.4 is 15.5 Å². The van der Waals surface area contributed by atoms with Crippen LogP contribution in [0.4, 0.5) is 5.13 Å². The molecule has 24 heavy (non-hydrogen) atoms. The molecule has 0 saturated heterocycles. The topological polar surface area (TPSA) is 52.6 Å². The molecule has 1 aromatic heterocycles. The molecule has 2 unspecified atom stereocenters. The zero-order chi connectivity index (χ0) is 17.1. The number of rotatable bonds is 5. The summed E-state index contributed by atoms with van der Waals surface area (Å²) in [4.78, 5) is 10.9. The fraction of sp³-hybridized carbons (Fsp3) is 0.444. The Balaban J connectivity index is 1.52. The zero-order valence-electron chi connectivity index (χ0n) is 14.7. The van der Waals surface area contributed by atoms with Gasteiger partial charge in [-0.05, 0) is 24.5 Å². The third-order valence-corrected chi connectivity index (χ3v) is 5.34. The standard InChI is InChI=1S/C18H25N5S/c1-12-7-5-6-8-14(12)15-9-16(15)22-17(19-2)20-10-13-11-24-18(21-13)23(3)4/h5-8,11,15-16H,9-10H2,1-4H3,(H2,19,20,22). The Kier molecular flexibility index (Phi) is 5.04. The number of nitrogens with zero attached hydrogens (tertiary/aromatic N) is 3. The van der Waals surface area contributed by atoms with Crippen LogP contribution in [0.15, 0.2) is 34.6 Å². The van der Waals surface area contributed by atoms with Crippen molar-refractivity contribution in [3.05, 3.63) is 46.5 Å². The van der Waals surface area contributed by atoms with Crippen molar-refractivity contribution in [3.8, 4) is 0 Å². The van der Waals surface area contributed by atoms with Crippen molar-refractivity contribution in [1.29, 1.82) is 0 Å². The number of benzene rings is 1. The molecule has 3 rings (SSSR count). The van der Waals surface area contributed by atoms with Gasteiger partial charge in [0, 0.05) is 38.5 Å². The number of hydrogen-bond donors (Lipinski definition) is 2. The van der Waals surface area contributed by atoms with Gasteiger partial charge in [0.1, 0.15) is 0 Å². The Bertz CT molecular complexity index is 722. The summed E-state index contributed by atoms with van der Waals surface area (Å²) in [5, 5.41) is 9.99. The minimum atomic E-state index is 0.463. The average molecular weight is 344 g/mol. The van der Waals surface area contributed by atoms with Crippen LogP contribution in [0.2, 0.25) is 0 Å². The lowest BCUT2D eigenvalue weighted by atomic mass is 10.0. The first kappa shape index (κ1) is 16.8. The largest absolute Gasteiger partial charge is 0.354 e. The molecular formula is C18H25N5S. The second-order valence-corrected chi connectivity index (χ2v) is 7.23. The molecule has 2 atom stereocenters. The lowest BCUT2D eigenvalue weighted by Gasteiger charge is -2.12. The number of aliphatic imine (C=N–C) groups is 1. The Morgan fingerprint density at radius 2 is 2.17 bits per heavy atom.